The van der Waals surface area contributed by atoms with Crippen molar-refractivity contribution in [3.63, 3.8) is 0 Å². The summed E-state index contributed by atoms with van der Waals surface area (Å²) in [4.78, 5) is 11.4. The fourth-order valence-corrected chi connectivity index (χ4v) is 1.86. The molecule has 3 heteroatoms. The first-order valence-electron chi connectivity index (χ1n) is 5.80. The minimum atomic E-state index is -0.223. The molecule has 1 rings (SSSR count). The van der Waals surface area contributed by atoms with E-state index in [1.165, 1.54) is 0 Å². The van der Waals surface area contributed by atoms with Gasteiger partial charge in [0.1, 0.15) is 0 Å². The third kappa shape index (κ3) is 3.32. The summed E-state index contributed by atoms with van der Waals surface area (Å²) in [6.07, 6.45) is 1.06. The third-order valence-electron chi connectivity index (χ3n) is 2.62. The van der Waals surface area contributed by atoms with Crippen molar-refractivity contribution in [2.75, 3.05) is 6.61 Å². The molecule has 0 heterocycles. The Morgan fingerprint density at radius 2 is 2.12 bits per heavy atom. The lowest BCUT2D eigenvalue weighted by atomic mass is 9.96. The Bertz CT molecular complexity index is 458. The lowest BCUT2D eigenvalue weighted by molar-refractivity contribution is -0.142. The Hall–Kier alpha value is -1.82. The maximum atomic E-state index is 11.4. The Morgan fingerprint density at radius 3 is 2.65 bits per heavy atom. The van der Waals surface area contributed by atoms with Crippen molar-refractivity contribution in [3.05, 3.63) is 34.4 Å². The van der Waals surface area contributed by atoms with E-state index in [4.69, 9.17) is 10.00 Å². The number of benzene rings is 1. The van der Waals surface area contributed by atoms with Crippen LogP contribution in [0.4, 0.5) is 0 Å². The van der Waals surface area contributed by atoms with Crippen LogP contribution in [0, 0.1) is 18.3 Å². The summed E-state index contributed by atoms with van der Waals surface area (Å²) < 4.78 is 4.91. The molecule has 1 aromatic carbocycles. The summed E-state index contributed by atoms with van der Waals surface area (Å²) >= 11 is 0. The van der Waals surface area contributed by atoms with E-state index in [1.807, 2.05) is 26.0 Å². The smallest absolute Gasteiger partial charge is 0.310 e. The Morgan fingerprint density at radius 1 is 1.41 bits per heavy atom. The first-order valence-corrected chi connectivity index (χ1v) is 5.80. The average molecular weight is 231 g/mol. The normalized spacial score (nSPS) is 9.76. The first kappa shape index (κ1) is 13.2. The van der Waals surface area contributed by atoms with Gasteiger partial charge < -0.3 is 4.74 Å². The zero-order valence-corrected chi connectivity index (χ0v) is 10.5. The molecule has 0 unspecified atom stereocenters. The molecular formula is C14H17NO2. The topological polar surface area (TPSA) is 50.1 Å². The number of esters is 1. The molecular weight excluding hydrogens is 214 g/mol. The van der Waals surface area contributed by atoms with Crippen LogP contribution in [-0.2, 0) is 22.4 Å². The average Bonchev–Trinajstić information content (AvgIpc) is 2.28. The number of nitrogens with zero attached hydrogens (tertiary/aromatic N) is 1. The largest absolute Gasteiger partial charge is 0.466 e. The summed E-state index contributed by atoms with van der Waals surface area (Å²) in [5.41, 5.74) is 3.55. The van der Waals surface area contributed by atoms with Crippen molar-refractivity contribution < 1.29 is 9.53 Å². The van der Waals surface area contributed by atoms with Crippen molar-refractivity contribution in [2.24, 2.45) is 0 Å². The predicted octanol–water partition coefficient (Wildman–Crippen LogP) is 2.53. The highest BCUT2D eigenvalue weighted by Crippen LogP contribution is 2.18. The highest BCUT2D eigenvalue weighted by atomic mass is 16.5. The van der Waals surface area contributed by atoms with Crippen LogP contribution >= 0.6 is 0 Å². The van der Waals surface area contributed by atoms with Gasteiger partial charge in [0.25, 0.3) is 0 Å². The van der Waals surface area contributed by atoms with E-state index in [0.29, 0.717) is 6.61 Å². The maximum Gasteiger partial charge on any atom is 0.310 e. The van der Waals surface area contributed by atoms with Gasteiger partial charge in [0.2, 0.25) is 0 Å². The number of nitriles is 1. The highest BCUT2D eigenvalue weighted by molar-refractivity contribution is 5.73. The molecule has 0 saturated carbocycles. The summed E-state index contributed by atoms with van der Waals surface area (Å²) in [5.74, 6) is -0.223. The predicted molar refractivity (Wildman–Crippen MR) is 65.6 cm³/mol. The lowest BCUT2D eigenvalue weighted by Crippen LogP contribution is -2.08. The van der Waals surface area contributed by atoms with E-state index in [-0.39, 0.29) is 12.4 Å². The fourth-order valence-electron chi connectivity index (χ4n) is 1.86. The molecule has 0 saturated heterocycles. The molecule has 1 aromatic rings. The van der Waals surface area contributed by atoms with Gasteiger partial charge in [-0.1, -0.05) is 19.1 Å². The molecule has 0 amide bonds. The molecule has 17 heavy (non-hydrogen) atoms. The second-order valence-corrected chi connectivity index (χ2v) is 3.89. The van der Waals surface area contributed by atoms with Gasteiger partial charge in [0.15, 0.2) is 0 Å². The molecule has 90 valence electrons. The van der Waals surface area contributed by atoms with Crippen LogP contribution in [0.5, 0.6) is 0 Å². The van der Waals surface area contributed by atoms with Crippen LogP contribution < -0.4 is 0 Å². The zero-order valence-electron chi connectivity index (χ0n) is 10.5. The van der Waals surface area contributed by atoms with Crippen molar-refractivity contribution in [2.45, 2.75) is 33.6 Å². The van der Waals surface area contributed by atoms with Crippen LogP contribution in [0.15, 0.2) is 12.1 Å². The van der Waals surface area contributed by atoms with Gasteiger partial charge in [-0.2, -0.15) is 5.26 Å². The second-order valence-electron chi connectivity index (χ2n) is 3.89. The first-order chi connectivity index (χ1) is 8.12. The van der Waals surface area contributed by atoms with Gasteiger partial charge in [0.05, 0.1) is 24.7 Å². The second kappa shape index (κ2) is 6.05. The van der Waals surface area contributed by atoms with Gasteiger partial charge in [-0.15, -0.1) is 0 Å². The van der Waals surface area contributed by atoms with Crippen LogP contribution in [0.2, 0.25) is 0 Å². The monoisotopic (exact) mass is 231 g/mol. The maximum absolute atomic E-state index is 11.4. The molecule has 0 atom stereocenters. The summed E-state index contributed by atoms with van der Waals surface area (Å²) in [7, 11) is 0. The Balaban J connectivity index is 3.00. The van der Waals surface area contributed by atoms with Crippen LogP contribution in [0.1, 0.15) is 36.1 Å². The molecule has 0 aromatic heterocycles. The molecule has 0 aliphatic rings. The minimum Gasteiger partial charge on any atom is -0.466 e. The van der Waals surface area contributed by atoms with Crippen molar-refractivity contribution in [1.82, 2.24) is 0 Å². The van der Waals surface area contributed by atoms with Crippen LogP contribution in [0.25, 0.3) is 0 Å². The molecule has 0 fully saturated rings. The van der Waals surface area contributed by atoms with Gasteiger partial charge >= 0.3 is 5.97 Å². The van der Waals surface area contributed by atoms with E-state index >= 15 is 0 Å². The zero-order chi connectivity index (χ0) is 12.8. The van der Waals surface area contributed by atoms with Crippen LogP contribution in [-0.4, -0.2) is 12.6 Å². The van der Waals surface area contributed by atoms with E-state index in [1.54, 1.807) is 6.92 Å². The van der Waals surface area contributed by atoms with E-state index in [2.05, 4.69) is 6.07 Å². The number of aryl methyl sites for hydroxylation is 2. The third-order valence-corrected chi connectivity index (χ3v) is 2.62. The number of carbonyl (C=O) groups excluding carboxylic acids is 1. The summed E-state index contributed by atoms with van der Waals surface area (Å²) in [5, 5.41) is 9.05. The van der Waals surface area contributed by atoms with E-state index in [0.717, 1.165) is 28.7 Å². The number of hydrogen-bond acceptors (Lipinski definition) is 3. The van der Waals surface area contributed by atoms with Crippen LogP contribution in [0.3, 0.4) is 0 Å². The van der Waals surface area contributed by atoms with Crippen molar-refractivity contribution >= 4 is 5.97 Å². The molecule has 0 aliphatic carbocycles. The standard InChI is InChI=1S/C14H17NO2/c1-4-12-7-11(8-14(16)17-5-2)6-10(3)13(12)9-15/h6-7H,4-5,8H2,1-3H3. The summed E-state index contributed by atoms with van der Waals surface area (Å²) in [6, 6.07) is 6.01. The van der Waals surface area contributed by atoms with Gasteiger partial charge in [-0.05, 0) is 37.0 Å². The van der Waals surface area contributed by atoms with Crippen molar-refractivity contribution in [1.29, 1.82) is 5.26 Å². The summed E-state index contributed by atoms with van der Waals surface area (Å²) in [6.45, 7) is 6.09. The molecule has 0 aliphatic heterocycles. The fraction of sp³-hybridized carbons (Fsp3) is 0.429. The number of rotatable bonds is 4. The number of carbonyl (C=O) groups is 1. The molecule has 0 N–H and O–H groups in total. The van der Waals surface area contributed by atoms with Gasteiger partial charge in [-0.25, -0.2) is 0 Å². The SMILES string of the molecule is CCOC(=O)Cc1cc(C)c(C#N)c(CC)c1. The van der Waals surface area contributed by atoms with Crippen molar-refractivity contribution in [3.8, 4) is 6.07 Å². The lowest BCUT2D eigenvalue weighted by Gasteiger charge is -2.08. The molecule has 0 bridgehead atoms. The minimum absolute atomic E-state index is 0.223. The highest BCUT2D eigenvalue weighted by Gasteiger charge is 2.09. The molecule has 0 radical (unpaired) electrons. The number of ether oxygens (including phenoxy) is 1. The number of hydrogen-bond donors (Lipinski definition) is 0. The molecule has 3 nitrogen and oxygen atoms in total. The Kier molecular flexibility index (Phi) is 4.71. The quantitative estimate of drug-likeness (QED) is 0.748. The van der Waals surface area contributed by atoms with Gasteiger partial charge in [-0.3, -0.25) is 4.79 Å². The van der Waals surface area contributed by atoms with E-state index < -0.39 is 0 Å². The molecule has 0 spiro atoms. The van der Waals surface area contributed by atoms with Gasteiger partial charge in [0, 0.05) is 0 Å². The Labute approximate surface area is 102 Å². The van der Waals surface area contributed by atoms with E-state index in [9.17, 15) is 4.79 Å².